The van der Waals surface area contributed by atoms with E-state index in [9.17, 15) is 0 Å². The number of rotatable bonds is 3. The molecule has 0 heterocycles. The van der Waals surface area contributed by atoms with Crippen LogP contribution in [0.2, 0.25) is 0 Å². The van der Waals surface area contributed by atoms with Gasteiger partial charge in [0.25, 0.3) is 0 Å². The predicted molar refractivity (Wildman–Crippen MR) is 66.0 cm³/mol. The molecule has 1 aromatic carbocycles. The number of nitrogens with zero attached hydrogens (tertiary/aromatic N) is 1. The largest absolute Gasteiger partial charge is 0.495 e. The van der Waals surface area contributed by atoms with Gasteiger partial charge in [-0.05, 0) is 24.4 Å². The predicted octanol–water partition coefficient (Wildman–Crippen LogP) is 1.46. The Hall–Kier alpha value is -1.33. The quantitative estimate of drug-likeness (QED) is 0.601. The molecule has 0 saturated heterocycles. The number of methoxy groups -OCH3 is 1. The molecule has 0 aromatic heterocycles. The molecule has 0 radical (unpaired) electrons. The molecule has 0 amide bonds. The van der Waals surface area contributed by atoms with Gasteiger partial charge in [0.05, 0.1) is 12.8 Å². The maximum Gasteiger partial charge on any atom is 0.187 e. The van der Waals surface area contributed by atoms with Crippen molar-refractivity contribution in [3.05, 3.63) is 24.3 Å². The van der Waals surface area contributed by atoms with Crippen LogP contribution in [0.4, 0.5) is 5.69 Å². The van der Waals surface area contributed by atoms with Gasteiger partial charge in [-0.1, -0.05) is 12.1 Å². The van der Waals surface area contributed by atoms with E-state index in [1.54, 1.807) is 19.2 Å². The highest BCUT2D eigenvalue weighted by atomic mass is 32.1. The van der Waals surface area contributed by atoms with Crippen LogP contribution in [0.5, 0.6) is 5.75 Å². The second kappa shape index (κ2) is 5.53. The van der Waals surface area contributed by atoms with Crippen molar-refractivity contribution in [3.8, 4) is 5.75 Å². The van der Waals surface area contributed by atoms with Crippen LogP contribution in [-0.4, -0.2) is 31.3 Å². The van der Waals surface area contributed by atoms with Crippen LogP contribution < -0.4 is 15.5 Å². The number of nitrogens with one attached hydrogen (secondary N) is 2. The summed E-state index contributed by atoms with van der Waals surface area (Å²) in [6.45, 7) is 0. The van der Waals surface area contributed by atoms with Gasteiger partial charge in [0.1, 0.15) is 5.75 Å². The van der Waals surface area contributed by atoms with Crippen LogP contribution in [-0.2, 0) is 0 Å². The summed E-state index contributed by atoms with van der Waals surface area (Å²) in [5.74, 6) is 0.768. The van der Waals surface area contributed by atoms with Crippen molar-refractivity contribution in [2.75, 3.05) is 26.5 Å². The van der Waals surface area contributed by atoms with Crippen LogP contribution >= 0.6 is 12.2 Å². The summed E-state index contributed by atoms with van der Waals surface area (Å²) >= 11 is 5.16. The van der Waals surface area contributed by atoms with Crippen molar-refractivity contribution in [1.82, 2.24) is 10.4 Å². The first-order chi connectivity index (χ1) is 7.19. The van der Waals surface area contributed by atoms with Gasteiger partial charge in [-0.3, -0.25) is 5.01 Å². The van der Waals surface area contributed by atoms with Gasteiger partial charge in [0, 0.05) is 14.1 Å². The third-order valence-corrected chi connectivity index (χ3v) is 2.36. The molecular formula is C10H15N3OS. The summed E-state index contributed by atoms with van der Waals surface area (Å²) in [6, 6.07) is 7.63. The van der Waals surface area contributed by atoms with Gasteiger partial charge in [-0.25, -0.2) is 5.43 Å². The van der Waals surface area contributed by atoms with Gasteiger partial charge in [-0.15, -0.1) is 0 Å². The van der Waals surface area contributed by atoms with E-state index < -0.39 is 0 Å². The van der Waals surface area contributed by atoms with Crippen molar-refractivity contribution < 1.29 is 4.74 Å². The zero-order valence-corrected chi connectivity index (χ0v) is 9.89. The number of anilines is 1. The summed E-state index contributed by atoms with van der Waals surface area (Å²) in [7, 11) is 5.27. The number of benzene rings is 1. The maximum atomic E-state index is 5.20. The highest BCUT2D eigenvalue weighted by Gasteiger charge is 2.05. The lowest BCUT2D eigenvalue weighted by molar-refractivity contribution is 0.411. The minimum Gasteiger partial charge on any atom is -0.495 e. The zero-order valence-electron chi connectivity index (χ0n) is 9.07. The van der Waals surface area contributed by atoms with E-state index in [0.29, 0.717) is 5.11 Å². The van der Waals surface area contributed by atoms with Crippen LogP contribution in [0.25, 0.3) is 0 Å². The molecule has 2 N–H and O–H groups in total. The van der Waals surface area contributed by atoms with Crippen molar-refractivity contribution in [1.29, 1.82) is 0 Å². The monoisotopic (exact) mass is 225 g/mol. The standard InChI is InChI=1S/C10H15N3OS/c1-11-13(2)10(15)12-8-6-4-5-7-9(8)14-3/h4-7,11H,1-3H3,(H,12,15). The Morgan fingerprint density at radius 3 is 2.67 bits per heavy atom. The molecule has 0 atom stereocenters. The Morgan fingerprint density at radius 1 is 1.40 bits per heavy atom. The highest BCUT2D eigenvalue weighted by molar-refractivity contribution is 7.80. The molecule has 15 heavy (non-hydrogen) atoms. The summed E-state index contributed by atoms with van der Waals surface area (Å²) in [4.78, 5) is 0. The van der Waals surface area contributed by atoms with E-state index in [0.717, 1.165) is 11.4 Å². The minimum absolute atomic E-state index is 0.585. The summed E-state index contributed by atoms with van der Waals surface area (Å²) in [5.41, 5.74) is 3.77. The Kier molecular flexibility index (Phi) is 4.33. The van der Waals surface area contributed by atoms with E-state index in [4.69, 9.17) is 17.0 Å². The second-order valence-electron chi connectivity index (χ2n) is 2.91. The van der Waals surface area contributed by atoms with Crippen LogP contribution in [0.1, 0.15) is 0 Å². The van der Waals surface area contributed by atoms with Crippen molar-refractivity contribution in [2.24, 2.45) is 0 Å². The van der Waals surface area contributed by atoms with Gasteiger partial charge in [0.15, 0.2) is 5.11 Å². The lowest BCUT2D eigenvalue weighted by Gasteiger charge is -2.20. The smallest absolute Gasteiger partial charge is 0.187 e. The SMILES string of the molecule is CNN(C)C(=S)Nc1ccccc1OC. The number of hydrazine groups is 1. The Labute approximate surface area is 95.2 Å². The van der Waals surface area contributed by atoms with E-state index in [2.05, 4.69) is 10.7 Å². The number of thiocarbonyl (C=S) groups is 1. The molecule has 1 aromatic rings. The van der Waals surface area contributed by atoms with E-state index >= 15 is 0 Å². The molecule has 1 rings (SSSR count). The fourth-order valence-corrected chi connectivity index (χ4v) is 1.25. The molecule has 0 fully saturated rings. The topological polar surface area (TPSA) is 36.5 Å². The van der Waals surface area contributed by atoms with Crippen molar-refractivity contribution in [3.63, 3.8) is 0 Å². The second-order valence-corrected chi connectivity index (χ2v) is 3.30. The molecule has 0 saturated carbocycles. The van der Waals surface area contributed by atoms with Crippen LogP contribution in [0.15, 0.2) is 24.3 Å². The lowest BCUT2D eigenvalue weighted by atomic mass is 10.3. The molecule has 5 heteroatoms. The first-order valence-corrected chi connectivity index (χ1v) is 4.95. The summed E-state index contributed by atoms with van der Waals surface area (Å²) < 4.78 is 5.20. The van der Waals surface area contributed by atoms with Crippen LogP contribution in [0.3, 0.4) is 0 Å². The number of ether oxygens (including phenoxy) is 1. The minimum atomic E-state index is 0.585. The number of para-hydroxylation sites is 2. The Bertz CT molecular complexity index is 343. The average molecular weight is 225 g/mol. The lowest BCUT2D eigenvalue weighted by Crippen LogP contribution is -2.39. The molecule has 82 valence electrons. The third kappa shape index (κ3) is 3.07. The Morgan fingerprint density at radius 2 is 2.07 bits per heavy atom. The zero-order chi connectivity index (χ0) is 11.3. The van der Waals surface area contributed by atoms with E-state index in [1.165, 1.54) is 0 Å². The molecular weight excluding hydrogens is 210 g/mol. The van der Waals surface area contributed by atoms with Gasteiger partial charge < -0.3 is 10.1 Å². The summed E-state index contributed by atoms with van der Waals surface area (Å²) in [5, 5.41) is 5.38. The average Bonchev–Trinajstić information content (AvgIpc) is 2.28. The van der Waals surface area contributed by atoms with Gasteiger partial charge in [0.2, 0.25) is 0 Å². The number of hydrogen-bond donors (Lipinski definition) is 2. The molecule has 0 aliphatic rings. The van der Waals surface area contributed by atoms with Crippen LogP contribution in [0, 0.1) is 0 Å². The van der Waals surface area contributed by atoms with Gasteiger partial charge >= 0.3 is 0 Å². The number of hydrogen-bond acceptors (Lipinski definition) is 3. The van der Waals surface area contributed by atoms with E-state index in [1.807, 2.05) is 31.3 Å². The molecule has 0 aliphatic carbocycles. The Balaban J connectivity index is 2.76. The van der Waals surface area contributed by atoms with E-state index in [-0.39, 0.29) is 0 Å². The third-order valence-electron chi connectivity index (χ3n) is 1.99. The highest BCUT2D eigenvalue weighted by Crippen LogP contribution is 2.22. The molecule has 0 aliphatic heterocycles. The molecule has 4 nitrogen and oxygen atoms in total. The normalized spacial score (nSPS) is 9.53. The fraction of sp³-hybridized carbons (Fsp3) is 0.300. The summed E-state index contributed by atoms with van der Waals surface area (Å²) in [6.07, 6.45) is 0. The first kappa shape index (κ1) is 11.7. The molecule has 0 unspecified atom stereocenters. The van der Waals surface area contributed by atoms with Gasteiger partial charge in [-0.2, -0.15) is 0 Å². The maximum absolute atomic E-state index is 5.20. The molecule has 0 spiro atoms. The molecule has 0 bridgehead atoms. The van der Waals surface area contributed by atoms with Crippen molar-refractivity contribution >= 4 is 23.0 Å². The van der Waals surface area contributed by atoms with Crippen molar-refractivity contribution in [2.45, 2.75) is 0 Å². The first-order valence-electron chi connectivity index (χ1n) is 4.54. The fourth-order valence-electron chi connectivity index (χ4n) is 1.05.